The van der Waals surface area contributed by atoms with E-state index in [4.69, 9.17) is 11.1 Å². The molecule has 0 saturated heterocycles. The minimum atomic E-state index is -0.433. The number of hydrogen-bond donors (Lipinski definition) is 5. The van der Waals surface area contributed by atoms with Gasteiger partial charge in [0.2, 0.25) is 5.95 Å². The summed E-state index contributed by atoms with van der Waals surface area (Å²) in [6.07, 6.45) is 4.18. The number of H-pyrrole nitrogens is 1. The number of aromatic nitrogens is 2. The number of unbranched alkanes of at least 4 members (excludes halogenated alkanes) is 2. The molecule has 0 bridgehead atoms. The van der Waals surface area contributed by atoms with Gasteiger partial charge in [-0.05, 0) is 26.2 Å². The molecular formula is C16H26N6O3S. The summed E-state index contributed by atoms with van der Waals surface area (Å²) >= 11 is 1.25. The van der Waals surface area contributed by atoms with Crippen LogP contribution < -0.4 is 21.9 Å². The van der Waals surface area contributed by atoms with Crippen molar-refractivity contribution in [2.24, 2.45) is 5.73 Å². The summed E-state index contributed by atoms with van der Waals surface area (Å²) in [5.74, 6) is 1.02. The Labute approximate surface area is 156 Å². The van der Waals surface area contributed by atoms with Crippen LogP contribution >= 0.6 is 11.8 Å². The van der Waals surface area contributed by atoms with Gasteiger partial charge in [-0.15, -0.1) is 0 Å². The average molecular weight is 382 g/mol. The number of Topliss-reactive ketones (excluding diaryl/α,β-unsaturated/α-hetero) is 1. The molecular weight excluding hydrogens is 356 g/mol. The van der Waals surface area contributed by atoms with Gasteiger partial charge in [0.1, 0.15) is 5.78 Å². The first-order chi connectivity index (χ1) is 12.4. The molecule has 144 valence electrons. The number of thioether (sulfide) groups is 1. The van der Waals surface area contributed by atoms with Gasteiger partial charge in [0.05, 0.1) is 0 Å². The summed E-state index contributed by atoms with van der Waals surface area (Å²) < 4.78 is 0. The number of carbonyl (C=O) groups excluding carboxylic acids is 2. The highest BCUT2D eigenvalue weighted by atomic mass is 32.2. The smallest absolute Gasteiger partial charge is 0.321 e. The Kier molecular flexibility index (Phi) is 10.1. The lowest BCUT2D eigenvalue weighted by Gasteiger charge is -2.07. The number of urea groups is 1. The van der Waals surface area contributed by atoms with Crippen molar-refractivity contribution in [3.8, 4) is 0 Å². The molecule has 6 N–H and O–H groups in total. The molecule has 0 unspecified atom stereocenters. The van der Waals surface area contributed by atoms with Crippen LogP contribution in [0.5, 0.6) is 0 Å². The van der Waals surface area contributed by atoms with Gasteiger partial charge >= 0.3 is 6.03 Å². The molecule has 0 radical (unpaired) electrons. The quantitative estimate of drug-likeness (QED) is 0.223. The van der Waals surface area contributed by atoms with Gasteiger partial charge in [-0.1, -0.05) is 18.2 Å². The zero-order valence-corrected chi connectivity index (χ0v) is 15.7. The summed E-state index contributed by atoms with van der Waals surface area (Å²) in [6.45, 7) is 2.15. The van der Waals surface area contributed by atoms with E-state index in [2.05, 4.69) is 20.6 Å². The van der Waals surface area contributed by atoms with Crippen molar-refractivity contribution >= 4 is 34.7 Å². The molecule has 0 aliphatic carbocycles. The molecule has 0 saturated carbocycles. The molecule has 0 aromatic carbocycles. The Balaban J connectivity index is 2.06. The lowest BCUT2D eigenvalue weighted by atomic mass is 10.1. The van der Waals surface area contributed by atoms with Crippen molar-refractivity contribution in [3.63, 3.8) is 0 Å². The van der Waals surface area contributed by atoms with Crippen LogP contribution in [0.1, 0.15) is 44.2 Å². The third-order valence-corrected chi connectivity index (χ3v) is 4.18. The van der Waals surface area contributed by atoms with Gasteiger partial charge in [0, 0.05) is 36.9 Å². The molecule has 10 heteroatoms. The fraction of sp³-hybridized carbons (Fsp3) is 0.562. The summed E-state index contributed by atoms with van der Waals surface area (Å²) in [6, 6.07) is 0.907. The van der Waals surface area contributed by atoms with Crippen LogP contribution in [0.4, 0.5) is 10.7 Å². The van der Waals surface area contributed by atoms with Crippen LogP contribution in [-0.4, -0.2) is 39.2 Å². The number of aryl methyl sites for hydroxylation is 1. The molecule has 26 heavy (non-hydrogen) atoms. The largest absolute Gasteiger partial charge is 0.379 e. The predicted molar refractivity (Wildman–Crippen MR) is 104 cm³/mol. The fourth-order valence-corrected chi connectivity index (χ4v) is 2.70. The van der Waals surface area contributed by atoms with Crippen LogP contribution in [0.25, 0.3) is 0 Å². The third kappa shape index (κ3) is 10.5. The predicted octanol–water partition coefficient (Wildman–Crippen LogP) is 1.74. The number of nitrogens with two attached hydrogens (primary N) is 1. The van der Waals surface area contributed by atoms with E-state index in [0.717, 1.165) is 25.7 Å². The molecule has 0 fully saturated rings. The number of nitrogens with one attached hydrogen (secondary N) is 4. The van der Waals surface area contributed by atoms with Crippen molar-refractivity contribution in [3.05, 3.63) is 22.1 Å². The first-order valence-electron chi connectivity index (χ1n) is 8.48. The first-order valence-corrected chi connectivity index (χ1v) is 9.46. The molecule has 0 spiro atoms. The van der Waals surface area contributed by atoms with E-state index < -0.39 is 6.03 Å². The second-order valence-corrected chi connectivity index (χ2v) is 6.92. The van der Waals surface area contributed by atoms with E-state index in [1.165, 1.54) is 17.8 Å². The average Bonchev–Trinajstić information content (AvgIpc) is 2.53. The van der Waals surface area contributed by atoms with Crippen molar-refractivity contribution < 1.29 is 9.59 Å². The standard InChI is InChI=1S/C16H26N6O3S/c1-11-10-13(24)21-15(20-11)22-16(25)19-8-4-2-3-6-12(23)7-5-9-26-14(17)18/h10H,2-9H2,1H3,(H3,17,18)(H3,19,20,21,22,24,25). The van der Waals surface area contributed by atoms with Crippen LogP contribution in [0.2, 0.25) is 0 Å². The number of ketones is 1. The molecule has 2 amide bonds. The van der Waals surface area contributed by atoms with Crippen LogP contribution in [0, 0.1) is 12.3 Å². The van der Waals surface area contributed by atoms with Crippen molar-refractivity contribution in [1.29, 1.82) is 5.41 Å². The fourth-order valence-electron chi connectivity index (χ4n) is 2.19. The Morgan fingerprint density at radius 1 is 1.27 bits per heavy atom. The normalized spacial score (nSPS) is 10.3. The Morgan fingerprint density at radius 2 is 2.00 bits per heavy atom. The highest BCUT2D eigenvalue weighted by molar-refractivity contribution is 8.13. The van der Waals surface area contributed by atoms with E-state index in [9.17, 15) is 14.4 Å². The zero-order chi connectivity index (χ0) is 19.4. The number of carbonyl (C=O) groups is 2. The molecule has 1 aromatic heterocycles. The van der Waals surface area contributed by atoms with E-state index >= 15 is 0 Å². The van der Waals surface area contributed by atoms with Gasteiger partial charge in [0.25, 0.3) is 5.56 Å². The van der Waals surface area contributed by atoms with Crippen LogP contribution in [-0.2, 0) is 4.79 Å². The number of anilines is 1. The second kappa shape index (κ2) is 12.1. The number of amides is 2. The maximum Gasteiger partial charge on any atom is 0.321 e. The zero-order valence-electron chi connectivity index (χ0n) is 14.9. The Morgan fingerprint density at radius 3 is 2.69 bits per heavy atom. The molecule has 0 atom stereocenters. The number of hydrogen-bond acceptors (Lipinski definition) is 6. The molecule has 1 rings (SSSR count). The lowest BCUT2D eigenvalue weighted by molar-refractivity contribution is -0.119. The second-order valence-electron chi connectivity index (χ2n) is 5.78. The van der Waals surface area contributed by atoms with Gasteiger partial charge < -0.3 is 11.1 Å². The molecule has 9 nitrogen and oxygen atoms in total. The monoisotopic (exact) mass is 382 g/mol. The lowest BCUT2D eigenvalue weighted by Crippen LogP contribution is -2.31. The highest BCUT2D eigenvalue weighted by Gasteiger charge is 2.05. The highest BCUT2D eigenvalue weighted by Crippen LogP contribution is 2.07. The molecule has 1 aromatic rings. The van der Waals surface area contributed by atoms with E-state index in [1.807, 2.05) is 0 Å². The van der Waals surface area contributed by atoms with Crippen LogP contribution in [0.15, 0.2) is 10.9 Å². The van der Waals surface area contributed by atoms with Gasteiger partial charge in [0.15, 0.2) is 5.17 Å². The summed E-state index contributed by atoms with van der Waals surface area (Å²) in [5, 5.41) is 12.3. The summed E-state index contributed by atoms with van der Waals surface area (Å²) in [5.41, 5.74) is 5.42. The minimum Gasteiger partial charge on any atom is -0.379 e. The molecule has 1 heterocycles. The number of amidine groups is 1. The number of nitrogens with zero attached hydrogens (tertiary/aromatic N) is 1. The maximum absolute atomic E-state index is 11.7. The SMILES string of the molecule is Cc1cc(=O)[nH]c(NC(=O)NCCCCCC(=O)CCCSC(=N)N)n1. The summed E-state index contributed by atoms with van der Waals surface area (Å²) in [7, 11) is 0. The van der Waals surface area contributed by atoms with Gasteiger partial charge in [-0.3, -0.25) is 25.3 Å². The van der Waals surface area contributed by atoms with E-state index in [0.29, 0.717) is 30.8 Å². The van der Waals surface area contributed by atoms with Gasteiger partial charge in [-0.25, -0.2) is 9.78 Å². The topological polar surface area (TPSA) is 154 Å². The van der Waals surface area contributed by atoms with E-state index in [-0.39, 0.29) is 22.5 Å². The minimum absolute atomic E-state index is 0.0820. The van der Waals surface area contributed by atoms with E-state index in [1.54, 1.807) is 6.92 Å². The number of aromatic amines is 1. The van der Waals surface area contributed by atoms with Crippen LogP contribution in [0.3, 0.4) is 0 Å². The van der Waals surface area contributed by atoms with Crippen molar-refractivity contribution in [2.45, 2.75) is 45.4 Å². The molecule has 0 aliphatic heterocycles. The number of rotatable bonds is 11. The molecule has 0 aliphatic rings. The third-order valence-electron chi connectivity index (χ3n) is 3.38. The first kappa shape index (κ1) is 21.7. The summed E-state index contributed by atoms with van der Waals surface area (Å²) in [4.78, 5) is 41.1. The maximum atomic E-state index is 11.7. The van der Waals surface area contributed by atoms with Gasteiger partial charge in [-0.2, -0.15) is 0 Å². The van der Waals surface area contributed by atoms with Crippen molar-refractivity contribution in [2.75, 3.05) is 17.6 Å². The Bertz CT molecular complexity index is 676. The van der Waals surface area contributed by atoms with Crippen molar-refractivity contribution in [1.82, 2.24) is 15.3 Å². The Hall–Kier alpha value is -2.36.